The molecule has 0 radical (unpaired) electrons. The van der Waals surface area contributed by atoms with Gasteiger partial charge in [-0.15, -0.1) is 0 Å². The Kier molecular flexibility index (Phi) is 4.24. The lowest BCUT2D eigenvalue weighted by Crippen LogP contribution is -2.13. The summed E-state index contributed by atoms with van der Waals surface area (Å²) < 4.78 is 10.9. The monoisotopic (exact) mass is 294 g/mol. The zero-order chi connectivity index (χ0) is 15.4. The lowest BCUT2D eigenvalue weighted by Gasteiger charge is -2.12. The number of ether oxygens (including phenoxy) is 2. The van der Waals surface area contributed by atoms with Crippen molar-refractivity contribution in [2.45, 2.75) is 12.2 Å². The predicted octanol–water partition coefficient (Wildman–Crippen LogP) is 2.62. The highest BCUT2D eigenvalue weighted by Crippen LogP contribution is 2.26. The quantitative estimate of drug-likeness (QED) is 0.810. The Morgan fingerprint density at radius 2 is 2.05 bits per heavy atom. The summed E-state index contributed by atoms with van der Waals surface area (Å²) >= 11 is 0. The number of benzene rings is 1. The largest absolute Gasteiger partial charge is 0.346 e. The fourth-order valence-electron chi connectivity index (χ4n) is 2.36. The predicted molar refractivity (Wildman–Crippen MR) is 78.0 cm³/mol. The molecule has 0 spiro atoms. The third kappa shape index (κ3) is 2.89. The molecule has 5 nitrogen and oxygen atoms in total. The Hall–Kier alpha value is -2.55. The van der Waals surface area contributed by atoms with Crippen molar-refractivity contribution >= 4 is 5.78 Å². The van der Waals surface area contributed by atoms with Gasteiger partial charge in [-0.2, -0.15) is 5.26 Å². The zero-order valence-corrected chi connectivity index (χ0v) is 11.8. The van der Waals surface area contributed by atoms with E-state index in [2.05, 4.69) is 4.98 Å². The van der Waals surface area contributed by atoms with E-state index in [1.165, 1.54) is 0 Å². The Bertz CT molecular complexity index is 703. The summed E-state index contributed by atoms with van der Waals surface area (Å²) in [6.07, 6.45) is 1.13. The molecule has 110 valence electrons. The number of carbonyl (C=O) groups excluding carboxylic acids is 1. The number of rotatable bonds is 4. The number of hydrogen-bond acceptors (Lipinski definition) is 5. The van der Waals surface area contributed by atoms with Crippen molar-refractivity contribution in [2.24, 2.45) is 0 Å². The highest BCUT2D eigenvalue weighted by molar-refractivity contribution is 6.02. The van der Waals surface area contributed by atoms with Crippen LogP contribution in [0, 0.1) is 11.3 Å². The van der Waals surface area contributed by atoms with Gasteiger partial charge in [-0.3, -0.25) is 9.78 Å². The van der Waals surface area contributed by atoms with Crippen LogP contribution >= 0.6 is 0 Å². The Balaban J connectivity index is 1.88. The van der Waals surface area contributed by atoms with Gasteiger partial charge in [0.2, 0.25) is 0 Å². The second-order valence-corrected chi connectivity index (χ2v) is 4.88. The van der Waals surface area contributed by atoms with Crippen LogP contribution in [-0.4, -0.2) is 24.0 Å². The van der Waals surface area contributed by atoms with E-state index in [1.807, 2.05) is 12.1 Å². The molecule has 2 aromatic rings. The number of nitrogens with zero attached hydrogens (tertiary/aromatic N) is 2. The van der Waals surface area contributed by atoms with Crippen molar-refractivity contribution in [1.82, 2.24) is 4.98 Å². The molecule has 0 aliphatic carbocycles. The van der Waals surface area contributed by atoms with E-state index in [4.69, 9.17) is 9.47 Å². The number of carbonyl (C=O) groups is 1. The Morgan fingerprint density at radius 1 is 1.23 bits per heavy atom. The van der Waals surface area contributed by atoms with Crippen LogP contribution in [0.4, 0.5) is 0 Å². The minimum atomic E-state index is -0.915. The van der Waals surface area contributed by atoms with Gasteiger partial charge in [0.1, 0.15) is 0 Å². The lowest BCUT2D eigenvalue weighted by molar-refractivity contribution is -0.0441. The van der Waals surface area contributed by atoms with Gasteiger partial charge in [-0.25, -0.2) is 0 Å². The number of pyridine rings is 1. The molecule has 2 heterocycles. The molecule has 5 heteroatoms. The van der Waals surface area contributed by atoms with Crippen LogP contribution < -0.4 is 0 Å². The van der Waals surface area contributed by atoms with E-state index < -0.39 is 12.2 Å². The summed E-state index contributed by atoms with van der Waals surface area (Å²) in [4.78, 5) is 16.7. The van der Waals surface area contributed by atoms with Gasteiger partial charge < -0.3 is 9.47 Å². The van der Waals surface area contributed by atoms with Crippen molar-refractivity contribution in [3.05, 3.63) is 65.5 Å². The number of nitriles is 1. The van der Waals surface area contributed by atoms with Crippen LogP contribution in [0.2, 0.25) is 0 Å². The van der Waals surface area contributed by atoms with Gasteiger partial charge in [0, 0.05) is 17.3 Å². The van der Waals surface area contributed by atoms with E-state index >= 15 is 0 Å². The molecule has 0 N–H and O–H groups in total. The molecule has 22 heavy (non-hydrogen) atoms. The van der Waals surface area contributed by atoms with Gasteiger partial charge in [0.25, 0.3) is 0 Å². The normalized spacial score (nSPS) is 16.1. The topological polar surface area (TPSA) is 72.2 Å². The summed E-state index contributed by atoms with van der Waals surface area (Å²) in [5, 5.41) is 9.33. The summed E-state index contributed by atoms with van der Waals surface area (Å²) in [6, 6.07) is 14.2. The summed E-state index contributed by atoms with van der Waals surface area (Å²) in [5.41, 5.74) is 1.68. The lowest BCUT2D eigenvalue weighted by atomic mass is 9.94. The van der Waals surface area contributed by atoms with Gasteiger partial charge >= 0.3 is 0 Å². The summed E-state index contributed by atoms with van der Waals surface area (Å²) in [5.74, 6) is -1.19. The summed E-state index contributed by atoms with van der Waals surface area (Å²) in [7, 11) is 0. The maximum absolute atomic E-state index is 12.6. The maximum atomic E-state index is 12.6. The average Bonchev–Trinajstić information content (AvgIpc) is 3.11. The third-order valence-corrected chi connectivity index (χ3v) is 3.44. The van der Waals surface area contributed by atoms with E-state index in [-0.39, 0.29) is 5.78 Å². The average molecular weight is 294 g/mol. The molecule has 1 saturated heterocycles. The maximum Gasteiger partial charge on any atom is 0.186 e. The highest BCUT2D eigenvalue weighted by Gasteiger charge is 2.25. The molecule has 1 aliphatic heterocycles. The number of ketones is 1. The minimum absolute atomic E-state index is 0.277. The molecule has 0 amide bonds. The standard InChI is InChI=1S/C17H14N2O3/c18-11-14(15-6-1-2-7-19-15)16(20)12-4-3-5-13(10-12)17-21-8-9-22-17/h1-7,10,14,17H,8-9H2/t14-/m0/s1. The molecule has 0 saturated carbocycles. The third-order valence-electron chi connectivity index (χ3n) is 3.44. The fourth-order valence-corrected chi connectivity index (χ4v) is 2.36. The second kappa shape index (κ2) is 6.48. The first-order chi connectivity index (χ1) is 10.8. The van der Waals surface area contributed by atoms with E-state index in [0.29, 0.717) is 24.5 Å². The van der Waals surface area contributed by atoms with Crippen molar-refractivity contribution in [2.75, 3.05) is 13.2 Å². The van der Waals surface area contributed by atoms with Crippen LogP contribution in [0.15, 0.2) is 48.7 Å². The van der Waals surface area contributed by atoms with Crippen LogP contribution in [-0.2, 0) is 9.47 Å². The van der Waals surface area contributed by atoms with Crippen LogP contribution in [0.3, 0.4) is 0 Å². The number of Topliss-reactive ketones (excluding diaryl/α,β-unsaturated/α-hetero) is 1. The minimum Gasteiger partial charge on any atom is -0.346 e. The first-order valence-electron chi connectivity index (χ1n) is 6.97. The molecular formula is C17H14N2O3. The van der Waals surface area contributed by atoms with Gasteiger partial charge in [-0.1, -0.05) is 24.3 Å². The summed E-state index contributed by atoms with van der Waals surface area (Å²) in [6.45, 7) is 1.08. The van der Waals surface area contributed by atoms with Crippen molar-refractivity contribution in [3.63, 3.8) is 0 Å². The first-order valence-corrected chi connectivity index (χ1v) is 6.97. The highest BCUT2D eigenvalue weighted by atomic mass is 16.7. The zero-order valence-electron chi connectivity index (χ0n) is 11.8. The smallest absolute Gasteiger partial charge is 0.186 e. The molecule has 1 atom stereocenters. The molecule has 1 aromatic heterocycles. The van der Waals surface area contributed by atoms with E-state index in [9.17, 15) is 10.1 Å². The molecule has 0 bridgehead atoms. The van der Waals surface area contributed by atoms with E-state index in [1.54, 1.807) is 42.6 Å². The first kappa shape index (κ1) is 14.4. The van der Waals surface area contributed by atoms with Crippen LogP contribution in [0.1, 0.15) is 33.8 Å². The van der Waals surface area contributed by atoms with Gasteiger partial charge in [-0.05, 0) is 18.2 Å². The number of hydrogen-bond donors (Lipinski definition) is 0. The number of aromatic nitrogens is 1. The van der Waals surface area contributed by atoms with Crippen molar-refractivity contribution < 1.29 is 14.3 Å². The van der Waals surface area contributed by atoms with Gasteiger partial charge in [0.05, 0.1) is 25.0 Å². The second-order valence-electron chi connectivity index (χ2n) is 4.88. The van der Waals surface area contributed by atoms with E-state index in [0.717, 1.165) is 5.56 Å². The molecule has 1 fully saturated rings. The molecular weight excluding hydrogens is 280 g/mol. The Morgan fingerprint density at radius 3 is 2.73 bits per heavy atom. The van der Waals surface area contributed by atoms with Crippen molar-refractivity contribution in [1.29, 1.82) is 5.26 Å². The van der Waals surface area contributed by atoms with Crippen molar-refractivity contribution in [3.8, 4) is 6.07 Å². The Labute approximate surface area is 128 Å². The molecule has 0 unspecified atom stereocenters. The molecule has 1 aliphatic rings. The molecule has 1 aromatic carbocycles. The molecule has 3 rings (SSSR count). The van der Waals surface area contributed by atoms with Crippen LogP contribution in [0.5, 0.6) is 0 Å². The SMILES string of the molecule is N#C[C@H](C(=O)c1cccc(C2OCCO2)c1)c1ccccn1. The fraction of sp³-hybridized carbons (Fsp3) is 0.235. The van der Waals surface area contributed by atoms with Gasteiger partial charge in [0.15, 0.2) is 18.0 Å². The van der Waals surface area contributed by atoms with Crippen LogP contribution in [0.25, 0.3) is 0 Å².